The molecule has 0 atom stereocenters. The summed E-state index contributed by atoms with van der Waals surface area (Å²) in [7, 11) is 3.33. The average Bonchev–Trinajstić information content (AvgIpc) is 3.22. The van der Waals surface area contributed by atoms with Gasteiger partial charge in [-0.3, -0.25) is 0 Å². The molecule has 4 rings (SSSR count). The number of halogens is 1. The van der Waals surface area contributed by atoms with Gasteiger partial charge in [0.1, 0.15) is 11.5 Å². The summed E-state index contributed by atoms with van der Waals surface area (Å²) in [5.74, 6) is 1.66. The van der Waals surface area contributed by atoms with Crippen LogP contribution in [0.15, 0.2) is 67.0 Å². The van der Waals surface area contributed by atoms with Gasteiger partial charge in [0.2, 0.25) is 0 Å². The zero-order valence-electron chi connectivity index (χ0n) is 16.2. The number of benzene rings is 2. The number of rotatable bonds is 7. The van der Waals surface area contributed by atoms with Gasteiger partial charge in [-0.05, 0) is 35.4 Å². The Bertz CT molecular complexity index is 1040. The molecule has 29 heavy (non-hydrogen) atoms. The molecule has 0 aliphatic heterocycles. The molecule has 0 N–H and O–H groups in total. The fourth-order valence-corrected chi connectivity index (χ4v) is 3.42. The molecule has 0 spiro atoms. The van der Waals surface area contributed by atoms with E-state index in [9.17, 15) is 0 Å². The van der Waals surface area contributed by atoms with Gasteiger partial charge in [0.25, 0.3) is 0 Å². The summed E-state index contributed by atoms with van der Waals surface area (Å²) in [4.78, 5) is 6.71. The smallest absolute Gasteiger partial charge is 0.177 e. The van der Waals surface area contributed by atoms with E-state index in [1.807, 2.05) is 30.3 Å². The monoisotopic (exact) mass is 408 g/mol. The minimum Gasteiger partial charge on any atom is -0.497 e. The van der Waals surface area contributed by atoms with Crippen molar-refractivity contribution in [1.82, 2.24) is 14.6 Å². The number of aromatic nitrogens is 3. The van der Waals surface area contributed by atoms with Crippen LogP contribution in [0, 0.1) is 0 Å². The number of hydrogen-bond donors (Lipinski definition) is 0. The van der Waals surface area contributed by atoms with Crippen molar-refractivity contribution in [3.63, 3.8) is 0 Å². The number of methoxy groups -OCH3 is 2. The highest BCUT2D eigenvalue weighted by molar-refractivity contribution is 6.29. The normalized spacial score (nSPS) is 10.9. The molecule has 7 heteroatoms. The predicted octanol–water partition coefficient (Wildman–Crippen LogP) is 4.61. The van der Waals surface area contributed by atoms with Gasteiger partial charge >= 0.3 is 0 Å². The Kier molecular flexibility index (Phi) is 5.53. The van der Waals surface area contributed by atoms with Crippen molar-refractivity contribution < 1.29 is 9.47 Å². The second-order valence-corrected chi connectivity index (χ2v) is 6.99. The van der Waals surface area contributed by atoms with Crippen molar-refractivity contribution in [3.05, 3.63) is 83.3 Å². The molecule has 0 saturated carbocycles. The van der Waals surface area contributed by atoms with Gasteiger partial charge < -0.3 is 14.4 Å². The molecule has 6 nitrogen and oxygen atoms in total. The van der Waals surface area contributed by atoms with Crippen LogP contribution >= 0.6 is 11.6 Å². The third-order valence-electron chi connectivity index (χ3n) is 4.72. The lowest BCUT2D eigenvalue weighted by molar-refractivity contribution is 0.414. The van der Waals surface area contributed by atoms with Crippen LogP contribution in [0.3, 0.4) is 0 Å². The molecular weight excluding hydrogens is 388 g/mol. The summed E-state index contributed by atoms with van der Waals surface area (Å²) < 4.78 is 12.3. The van der Waals surface area contributed by atoms with Gasteiger partial charge in [0.15, 0.2) is 10.8 Å². The fraction of sp³-hybridized carbons (Fsp3) is 0.182. The Morgan fingerprint density at radius 1 is 0.897 bits per heavy atom. The van der Waals surface area contributed by atoms with Crippen LogP contribution in [0.1, 0.15) is 11.1 Å². The Morgan fingerprint density at radius 3 is 1.97 bits per heavy atom. The van der Waals surface area contributed by atoms with Crippen molar-refractivity contribution >= 4 is 22.9 Å². The van der Waals surface area contributed by atoms with E-state index in [0.717, 1.165) is 34.0 Å². The van der Waals surface area contributed by atoms with Crippen LogP contribution in [0.2, 0.25) is 5.15 Å². The zero-order valence-corrected chi connectivity index (χ0v) is 17.0. The number of nitrogens with zero attached hydrogens (tertiary/aromatic N) is 4. The second-order valence-electron chi connectivity index (χ2n) is 6.60. The fourth-order valence-electron chi connectivity index (χ4n) is 3.23. The summed E-state index contributed by atoms with van der Waals surface area (Å²) in [6.45, 7) is 1.36. The molecule has 0 saturated heterocycles. The van der Waals surface area contributed by atoms with Crippen LogP contribution in [-0.4, -0.2) is 28.8 Å². The maximum absolute atomic E-state index is 6.29. The molecule has 0 aliphatic carbocycles. The summed E-state index contributed by atoms with van der Waals surface area (Å²) in [6, 6.07) is 18.0. The molecule has 0 fully saturated rings. The van der Waals surface area contributed by atoms with E-state index >= 15 is 0 Å². The maximum atomic E-state index is 6.29. The number of ether oxygens (including phenoxy) is 2. The van der Waals surface area contributed by atoms with Gasteiger partial charge in [0.05, 0.1) is 19.9 Å². The van der Waals surface area contributed by atoms with Gasteiger partial charge in [-0.1, -0.05) is 35.9 Å². The highest BCUT2D eigenvalue weighted by Gasteiger charge is 2.15. The highest BCUT2D eigenvalue weighted by atomic mass is 35.5. The molecular formula is C22H21ClN4O2. The Hall–Kier alpha value is -3.25. The number of imidazole rings is 1. The third kappa shape index (κ3) is 4.27. The van der Waals surface area contributed by atoms with Crippen molar-refractivity contribution in [2.24, 2.45) is 0 Å². The van der Waals surface area contributed by atoms with Gasteiger partial charge in [-0.2, -0.15) is 5.10 Å². The first kappa shape index (κ1) is 19.1. The van der Waals surface area contributed by atoms with Crippen molar-refractivity contribution in [1.29, 1.82) is 0 Å². The quantitative estimate of drug-likeness (QED) is 0.447. The third-order valence-corrected chi connectivity index (χ3v) is 4.90. The molecule has 0 aliphatic rings. The van der Waals surface area contributed by atoms with Gasteiger partial charge in [-0.15, -0.1) is 0 Å². The maximum Gasteiger partial charge on any atom is 0.177 e. The van der Waals surface area contributed by atoms with E-state index in [1.54, 1.807) is 31.1 Å². The van der Waals surface area contributed by atoms with E-state index < -0.39 is 0 Å². The van der Waals surface area contributed by atoms with E-state index in [-0.39, 0.29) is 0 Å². The molecule has 0 radical (unpaired) electrons. The van der Waals surface area contributed by atoms with Crippen molar-refractivity contribution in [2.75, 3.05) is 19.1 Å². The standard InChI is InChI=1S/C22H21ClN4O2/c1-28-18-7-3-16(4-8-18)14-26(15-17-5-9-19(29-2)10-6-17)20-13-21(23)25-27-12-11-24-22(20)27/h3-13H,14-15H2,1-2H3. The van der Waals surface area contributed by atoms with E-state index in [1.165, 1.54) is 0 Å². The first-order chi connectivity index (χ1) is 14.2. The highest BCUT2D eigenvalue weighted by Crippen LogP contribution is 2.27. The molecule has 2 aromatic heterocycles. The number of hydrogen-bond acceptors (Lipinski definition) is 5. The Morgan fingerprint density at radius 2 is 1.45 bits per heavy atom. The van der Waals surface area contributed by atoms with Crippen molar-refractivity contribution in [3.8, 4) is 11.5 Å². The number of anilines is 1. The minimum atomic E-state index is 0.417. The number of fused-ring (bicyclic) bond motifs is 1. The second kappa shape index (κ2) is 8.41. The van der Waals surface area contributed by atoms with Crippen LogP contribution in [-0.2, 0) is 13.1 Å². The minimum absolute atomic E-state index is 0.417. The molecule has 0 unspecified atom stereocenters. The molecule has 148 valence electrons. The summed E-state index contributed by atoms with van der Waals surface area (Å²) in [6.07, 6.45) is 3.52. The topological polar surface area (TPSA) is 51.9 Å². The lowest BCUT2D eigenvalue weighted by Gasteiger charge is -2.26. The molecule has 2 aromatic carbocycles. The lowest BCUT2D eigenvalue weighted by atomic mass is 10.1. The first-order valence-corrected chi connectivity index (χ1v) is 9.55. The van der Waals surface area contributed by atoms with E-state index in [2.05, 4.69) is 39.2 Å². The Balaban J connectivity index is 1.71. The molecule has 0 bridgehead atoms. The molecule has 2 heterocycles. The van der Waals surface area contributed by atoms with E-state index in [0.29, 0.717) is 18.2 Å². The van der Waals surface area contributed by atoms with Crippen LogP contribution < -0.4 is 14.4 Å². The van der Waals surface area contributed by atoms with Gasteiger partial charge in [0, 0.05) is 31.5 Å². The van der Waals surface area contributed by atoms with Crippen LogP contribution in [0.5, 0.6) is 11.5 Å². The average molecular weight is 409 g/mol. The molecule has 4 aromatic rings. The lowest BCUT2D eigenvalue weighted by Crippen LogP contribution is -2.23. The molecule has 0 amide bonds. The predicted molar refractivity (Wildman–Crippen MR) is 114 cm³/mol. The van der Waals surface area contributed by atoms with E-state index in [4.69, 9.17) is 21.1 Å². The SMILES string of the molecule is COc1ccc(CN(Cc2ccc(OC)cc2)c2cc(Cl)nn3ccnc23)cc1. The Labute approximate surface area is 174 Å². The van der Waals surface area contributed by atoms with Crippen LogP contribution in [0.25, 0.3) is 5.65 Å². The summed E-state index contributed by atoms with van der Waals surface area (Å²) >= 11 is 6.29. The van der Waals surface area contributed by atoms with Gasteiger partial charge in [-0.25, -0.2) is 9.50 Å². The first-order valence-electron chi connectivity index (χ1n) is 9.17. The zero-order chi connectivity index (χ0) is 20.2. The summed E-state index contributed by atoms with van der Waals surface area (Å²) in [5.41, 5.74) is 3.98. The largest absolute Gasteiger partial charge is 0.497 e. The van der Waals surface area contributed by atoms with Crippen LogP contribution in [0.4, 0.5) is 5.69 Å². The van der Waals surface area contributed by atoms with Crippen molar-refractivity contribution in [2.45, 2.75) is 13.1 Å². The summed E-state index contributed by atoms with van der Waals surface area (Å²) in [5, 5.41) is 4.71.